The van der Waals surface area contributed by atoms with Crippen LogP contribution in [0.2, 0.25) is 5.02 Å². The van der Waals surface area contributed by atoms with Crippen molar-refractivity contribution in [2.24, 2.45) is 5.73 Å². The first kappa shape index (κ1) is 13.0. The molecule has 2 N–H and O–H groups in total. The van der Waals surface area contributed by atoms with Crippen molar-refractivity contribution < 1.29 is 9.15 Å². The van der Waals surface area contributed by atoms with Crippen molar-refractivity contribution in [1.82, 2.24) is 0 Å². The van der Waals surface area contributed by atoms with Crippen molar-refractivity contribution >= 4 is 11.6 Å². The standard InChI is InChI=1S/C14H16ClNO2/c1-9-5-11(3-4-13(9)15)17-8-12-6-10(2)14(7-16)18-12/h3-6H,7-8,16H2,1-2H3. The number of rotatable bonds is 4. The van der Waals surface area contributed by atoms with E-state index in [4.69, 9.17) is 26.5 Å². The maximum atomic E-state index is 5.95. The van der Waals surface area contributed by atoms with E-state index >= 15 is 0 Å². The largest absolute Gasteiger partial charge is 0.486 e. The van der Waals surface area contributed by atoms with Gasteiger partial charge in [-0.1, -0.05) is 11.6 Å². The fourth-order valence-corrected chi connectivity index (χ4v) is 1.84. The molecule has 1 heterocycles. The van der Waals surface area contributed by atoms with E-state index in [1.165, 1.54) is 0 Å². The normalized spacial score (nSPS) is 10.7. The number of benzene rings is 1. The smallest absolute Gasteiger partial charge is 0.146 e. The molecule has 0 spiro atoms. The number of nitrogens with two attached hydrogens (primary N) is 1. The Balaban J connectivity index is 2.04. The van der Waals surface area contributed by atoms with Gasteiger partial charge in [0.2, 0.25) is 0 Å². The second-order valence-corrected chi connectivity index (χ2v) is 4.63. The molecule has 1 aromatic heterocycles. The minimum absolute atomic E-state index is 0.391. The highest BCUT2D eigenvalue weighted by Gasteiger charge is 2.07. The zero-order valence-corrected chi connectivity index (χ0v) is 11.3. The van der Waals surface area contributed by atoms with Crippen LogP contribution in [0.5, 0.6) is 5.75 Å². The number of aryl methyl sites for hydroxylation is 2. The highest BCUT2D eigenvalue weighted by atomic mass is 35.5. The zero-order valence-electron chi connectivity index (χ0n) is 10.5. The highest BCUT2D eigenvalue weighted by molar-refractivity contribution is 6.31. The lowest BCUT2D eigenvalue weighted by molar-refractivity contribution is 0.266. The van der Waals surface area contributed by atoms with Crippen LogP contribution in [0.4, 0.5) is 0 Å². The van der Waals surface area contributed by atoms with Crippen molar-refractivity contribution in [3.8, 4) is 5.75 Å². The van der Waals surface area contributed by atoms with Gasteiger partial charge in [-0.25, -0.2) is 0 Å². The summed E-state index contributed by atoms with van der Waals surface area (Å²) >= 11 is 5.95. The minimum Gasteiger partial charge on any atom is -0.486 e. The van der Waals surface area contributed by atoms with E-state index in [0.29, 0.717) is 13.2 Å². The van der Waals surface area contributed by atoms with Gasteiger partial charge >= 0.3 is 0 Å². The lowest BCUT2D eigenvalue weighted by atomic mass is 10.2. The van der Waals surface area contributed by atoms with Crippen LogP contribution >= 0.6 is 11.6 Å². The first-order chi connectivity index (χ1) is 8.60. The van der Waals surface area contributed by atoms with E-state index < -0.39 is 0 Å². The molecule has 2 rings (SSSR count). The lowest BCUT2D eigenvalue weighted by Crippen LogP contribution is -1.96. The van der Waals surface area contributed by atoms with Crippen molar-refractivity contribution in [2.75, 3.05) is 0 Å². The first-order valence-corrected chi connectivity index (χ1v) is 6.15. The predicted molar refractivity (Wildman–Crippen MR) is 71.9 cm³/mol. The maximum Gasteiger partial charge on any atom is 0.146 e. The molecule has 18 heavy (non-hydrogen) atoms. The Labute approximate surface area is 111 Å². The summed E-state index contributed by atoms with van der Waals surface area (Å²) in [6, 6.07) is 7.52. The van der Waals surface area contributed by atoms with E-state index in [0.717, 1.165) is 33.4 Å². The lowest BCUT2D eigenvalue weighted by Gasteiger charge is -2.06. The molecule has 0 amide bonds. The van der Waals surface area contributed by atoms with Crippen LogP contribution < -0.4 is 10.5 Å². The molecule has 3 nitrogen and oxygen atoms in total. The van der Waals surface area contributed by atoms with Gasteiger partial charge in [0.25, 0.3) is 0 Å². The average Bonchev–Trinajstić information content (AvgIpc) is 2.71. The Morgan fingerprint density at radius 2 is 2.00 bits per heavy atom. The van der Waals surface area contributed by atoms with Crippen LogP contribution in [0.3, 0.4) is 0 Å². The van der Waals surface area contributed by atoms with E-state index in [2.05, 4.69) is 0 Å². The quantitative estimate of drug-likeness (QED) is 0.919. The summed E-state index contributed by atoms with van der Waals surface area (Å²) < 4.78 is 11.2. The highest BCUT2D eigenvalue weighted by Crippen LogP contribution is 2.22. The van der Waals surface area contributed by atoms with Gasteiger partial charge in [0.15, 0.2) is 0 Å². The van der Waals surface area contributed by atoms with Crippen LogP contribution in [0.15, 0.2) is 28.7 Å². The molecular weight excluding hydrogens is 250 g/mol. The van der Waals surface area contributed by atoms with Crippen LogP contribution in [0.25, 0.3) is 0 Å². The van der Waals surface area contributed by atoms with Crippen molar-refractivity contribution in [2.45, 2.75) is 27.0 Å². The fourth-order valence-electron chi connectivity index (χ4n) is 1.73. The second kappa shape index (κ2) is 5.46. The first-order valence-electron chi connectivity index (χ1n) is 5.77. The van der Waals surface area contributed by atoms with Gasteiger partial charge in [-0.2, -0.15) is 0 Å². The average molecular weight is 266 g/mol. The summed E-state index contributed by atoms with van der Waals surface area (Å²) in [5.41, 5.74) is 7.61. The van der Waals surface area contributed by atoms with E-state index in [9.17, 15) is 0 Å². The van der Waals surface area contributed by atoms with Gasteiger partial charge in [0.1, 0.15) is 23.9 Å². The Morgan fingerprint density at radius 1 is 1.22 bits per heavy atom. The third-order valence-corrected chi connectivity index (χ3v) is 3.19. The topological polar surface area (TPSA) is 48.4 Å². The SMILES string of the molecule is Cc1cc(OCc2cc(C)c(CN)o2)ccc1Cl. The van der Waals surface area contributed by atoms with Gasteiger partial charge < -0.3 is 14.9 Å². The predicted octanol–water partition coefficient (Wildman–Crippen LogP) is 3.59. The van der Waals surface area contributed by atoms with Crippen molar-refractivity contribution in [1.29, 1.82) is 0 Å². The summed E-state index contributed by atoms with van der Waals surface area (Å²) in [6.45, 7) is 4.72. The summed E-state index contributed by atoms with van der Waals surface area (Å²) in [7, 11) is 0. The minimum atomic E-state index is 0.391. The Morgan fingerprint density at radius 3 is 2.61 bits per heavy atom. The molecule has 0 radical (unpaired) electrons. The molecule has 96 valence electrons. The zero-order chi connectivity index (χ0) is 13.1. The molecule has 0 aliphatic heterocycles. The molecule has 0 aliphatic carbocycles. The number of halogens is 1. The molecule has 0 unspecified atom stereocenters. The van der Waals surface area contributed by atoms with Crippen LogP contribution in [0, 0.1) is 13.8 Å². The number of hydrogen-bond acceptors (Lipinski definition) is 3. The van der Waals surface area contributed by atoms with Gasteiger partial charge in [0, 0.05) is 5.02 Å². The molecular formula is C14H16ClNO2. The number of furan rings is 1. The third-order valence-electron chi connectivity index (χ3n) is 2.77. The Bertz CT molecular complexity index is 549. The van der Waals surface area contributed by atoms with Gasteiger partial charge in [-0.05, 0) is 49.2 Å². The van der Waals surface area contributed by atoms with Crippen molar-refractivity contribution in [3.05, 3.63) is 51.9 Å². The monoisotopic (exact) mass is 265 g/mol. The summed E-state index contributed by atoms with van der Waals surface area (Å²) in [5.74, 6) is 2.36. The Hall–Kier alpha value is -1.45. The molecule has 2 aromatic rings. The van der Waals surface area contributed by atoms with Gasteiger partial charge in [-0.15, -0.1) is 0 Å². The van der Waals surface area contributed by atoms with Gasteiger partial charge in [0.05, 0.1) is 6.54 Å². The molecule has 0 saturated carbocycles. The summed E-state index contributed by atoms with van der Waals surface area (Å²) in [6.07, 6.45) is 0. The molecule has 0 aliphatic rings. The molecule has 0 fully saturated rings. The van der Waals surface area contributed by atoms with E-state index in [-0.39, 0.29) is 0 Å². The van der Waals surface area contributed by atoms with E-state index in [1.54, 1.807) is 0 Å². The Kier molecular flexibility index (Phi) is 3.94. The van der Waals surface area contributed by atoms with Crippen LogP contribution in [-0.2, 0) is 13.2 Å². The molecule has 0 saturated heterocycles. The van der Waals surface area contributed by atoms with Crippen LogP contribution in [-0.4, -0.2) is 0 Å². The maximum absolute atomic E-state index is 5.95. The summed E-state index contributed by atoms with van der Waals surface area (Å²) in [4.78, 5) is 0. The fraction of sp³-hybridized carbons (Fsp3) is 0.286. The van der Waals surface area contributed by atoms with Crippen molar-refractivity contribution in [3.63, 3.8) is 0 Å². The number of ether oxygens (including phenoxy) is 1. The molecule has 1 aromatic carbocycles. The third kappa shape index (κ3) is 2.86. The summed E-state index contributed by atoms with van der Waals surface area (Å²) in [5, 5.41) is 0.738. The second-order valence-electron chi connectivity index (χ2n) is 4.22. The molecule has 4 heteroatoms. The van der Waals surface area contributed by atoms with E-state index in [1.807, 2.05) is 38.1 Å². The molecule has 0 bridgehead atoms. The van der Waals surface area contributed by atoms with Gasteiger partial charge in [-0.3, -0.25) is 0 Å². The molecule has 0 atom stereocenters. The van der Waals surface area contributed by atoms with Crippen LogP contribution in [0.1, 0.15) is 22.6 Å². The number of hydrogen-bond donors (Lipinski definition) is 1.